The Labute approximate surface area is 173 Å². The SMILES string of the molecule is CC.CCNCCNc1nnc(-c2ccc(F)c(F)c2Nc2ccc(C)cc2F)o1. The Morgan fingerprint density at radius 2 is 1.73 bits per heavy atom. The van der Waals surface area contributed by atoms with Crippen LogP contribution in [0.2, 0.25) is 0 Å². The lowest BCUT2D eigenvalue weighted by Crippen LogP contribution is -2.21. The zero-order valence-electron chi connectivity index (χ0n) is 17.4. The molecule has 9 heteroatoms. The van der Waals surface area contributed by atoms with Gasteiger partial charge in [0.15, 0.2) is 11.6 Å². The third-order valence-electron chi connectivity index (χ3n) is 3.96. The van der Waals surface area contributed by atoms with E-state index in [2.05, 4.69) is 26.1 Å². The molecule has 0 saturated carbocycles. The molecule has 3 aromatic rings. The van der Waals surface area contributed by atoms with Crippen LogP contribution in [0, 0.1) is 24.4 Å². The quantitative estimate of drug-likeness (QED) is 0.431. The number of hydrogen-bond acceptors (Lipinski definition) is 6. The molecule has 0 radical (unpaired) electrons. The van der Waals surface area contributed by atoms with Crippen molar-refractivity contribution >= 4 is 17.4 Å². The van der Waals surface area contributed by atoms with Crippen molar-refractivity contribution in [2.75, 3.05) is 30.3 Å². The molecule has 0 unspecified atom stereocenters. The van der Waals surface area contributed by atoms with E-state index >= 15 is 0 Å². The molecule has 0 spiro atoms. The van der Waals surface area contributed by atoms with Gasteiger partial charge >= 0.3 is 6.01 Å². The smallest absolute Gasteiger partial charge is 0.315 e. The first-order valence-corrected chi connectivity index (χ1v) is 9.79. The van der Waals surface area contributed by atoms with Crippen molar-refractivity contribution in [3.05, 3.63) is 53.3 Å². The van der Waals surface area contributed by atoms with E-state index in [1.54, 1.807) is 13.0 Å². The molecule has 2 aromatic carbocycles. The van der Waals surface area contributed by atoms with Gasteiger partial charge in [-0.05, 0) is 43.3 Å². The molecular weight excluding hydrogens is 395 g/mol. The van der Waals surface area contributed by atoms with E-state index in [9.17, 15) is 13.2 Å². The lowest BCUT2D eigenvalue weighted by Gasteiger charge is -2.12. The normalized spacial score (nSPS) is 10.4. The fraction of sp³-hybridized carbons (Fsp3) is 0.333. The summed E-state index contributed by atoms with van der Waals surface area (Å²) in [5.74, 6) is -2.87. The van der Waals surface area contributed by atoms with Crippen LogP contribution in [-0.2, 0) is 0 Å². The van der Waals surface area contributed by atoms with Crippen LogP contribution in [-0.4, -0.2) is 29.8 Å². The van der Waals surface area contributed by atoms with Crippen molar-refractivity contribution in [1.29, 1.82) is 0 Å². The molecule has 0 bridgehead atoms. The average molecular weight is 421 g/mol. The van der Waals surface area contributed by atoms with Gasteiger partial charge in [-0.2, -0.15) is 0 Å². The summed E-state index contributed by atoms with van der Waals surface area (Å²) in [4.78, 5) is 0. The number of halogens is 3. The van der Waals surface area contributed by atoms with Gasteiger partial charge in [-0.15, -0.1) is 5.10 Å². The summed E-state index contributed by atoms with van der Waals surface area (Å²) in [6, 6.07) is 6.78. The van der Waals surface area contributed by atoms with Crippen molar-refractivity contribution < 1.29 is 17.6 Å². The van der Waals surface area contributed by atoms with Crippen LogP contribution in [0.4, 0.5) is 30.6 Å². The minimum absolute atomic E-state index is 0.000135. The molecular formula is C21H26F3N5O. The predicted molar refractivity (Wildman–Crippen MR) is 112 cm³/mol. The Hall–Kier alpha value is -3.07. The minimum Gasteiger partial charge on any atom is -0.403 e. The molecule has 0 saturated heterocycles. The molecule has 30 heavy (non-hydrogen) atoms. The van der Waals surface area contributed by atoms with Gasteiger partial charge in [0.05, 0.1) is 16.9 Å². The van der Waals surface area contributed by atoms with Crippen molar-refractivity contribution in [2.45, 2.75) is 27.7 Å². The fourth-order valence-corrected chi connectivity index (χ4v) is 2.55. The lowest BCUT2D eigenvalue weighted by molar-refractivity contribution is 0.511. The molecule has 3 rings (SSSR count). The minimum atomic E-state index is -1.17. The van der Waals surface area contributed by atoms with E-state index in [4.69, 9.17) is 4.42 Å². The first kappa shape index (κ1) is 23.2. The molecule has 0 aliphatic heterocycles. The second-order valence-corrected chi connectivity index (χ2v) is 6.08. The van der Waals surface area contributed by atoms with E-state index in [1.807, 2.05) is 20.8 Å². The molecule has 1 heterocycles. The Morgan fingerprint density at radius 3 is 2.43 bits per heavy atom. The van der Waals surface area contributed by atoms with Gasteiger partial charge in [0.2, 0.25) is 0 Å². The monoisotopic (exact) mass is 421 g/mol. The lowest BCUT2D eigenvalue weighted by atomic mass is 10.1. The van der Waals surface area contributed by atoms with E-state index in [0.717, 1.165) is 12.6 Å². The van der Waals surface area contributed by atoms with Gasteiger partial charge in [0.1, 0.15) is 5.82 Å². The summed E-state index contributed by atoms with van der Waals surface area (Å²) in [6.07, 6.45) is 0. The average Bonchev–Trinajstić information content (AvgIpc) is 3.21. The maximum absolute atomic E-state index is 14.5. The van der Waals surface area contributed by atoms with Crippen LogP contribution in [0.1, 0.15) is 26.3 Å². The Bertz CT molecular complexity index is 962. The Morgan fingerprint density at radius 1 is 0.967 bits per heavy atom. The van der Waals surface area contributed by atoms with Crippen LogP contribution in [0.25, 0.3) is 11.5 Å². The van der Waals surface area contributed by atoms with Gasteiger partial charge < -0.3 is 20.4 Å². The van der Waals surface area contributed by atoms with Crippen LogP contribution >= 0.6 is 0 Å². The molecule has 3 N–H and O–H groups in total. The molecule has 0 amide bonds. The highest BCUT2D eigenvalue weighted by Gasteiger charge is 2.20. The van der Waals surface area contributed by atoms with Crippen LogP contribution in [0.3, 0.4) is 0 Å². The van der Waals surface area contributed by atoms with Gasteiger partial charge in [0, 0.05) is 13.1 Å². The van der Waals surface area contributed by atoms with Crippen molar-refractivity contribution in [3.8, 4) is 11.5 Å². The van der Waals surface area contributed by atoms with Crippen LogP contribution < -0.4 is 16.0 Å². The van der Waals surface area contributed by atoms with Gasteiger partial charge in [-0.3, -0.25) is 0 Å². The summed E-state index contributed by atoms with van der Waals surface area (Å²) >= 11 is 0. The Balaban J connectivity index is 0.00000155. The molecule has 0 fully saturated rings. The number of benzene rings is 2. The number of anilines is 3. The molecule has 6 nitrogen and oxygen atoms in total. The van der Waals surface area contributed by atoms with E-state index in [-0.39, 0.29) is 28.8 Å². The number of nitrogens with zero attached hydrogens (tertiary/aromatic N) is 2. The summed E-state index contributed by atoms with van der Waals surface area (Å²) in [6.45, 7) is 9.78. The third kappa shape index (κ3) is 5.73. The summed E-state index contributed by atoms with van der Waals surface area (Å²) in [5.41, 5.74) is 0.532. The van der Waals surface area contributed by atoms with Gasteiger partial charge in [-0.1, -0.05) is 31.9 Å². The molecule has 0 aliphatic rings. The summed E-state index contributed by atoms with van der Waals surface area (Å²) in [5, 5.41) is 16.4. The summed E-state index contributed by atoms with van der Waals surface area (Å²) < 4.78 is 47.9. The zero-order chi connectivity index (χ0) is 22.1. The first-order valence-electron chi connectivity index (χ1n) is 9.79. The number of rotatable bonds is 8. The number of hydrogen-bond donors (Lipinski definition) is 3. The zero-order valence-corrected chi connectivity index (χ0v) is 17.4. The molecule has 1 aromatic heterocycles. The fourth-order valence-electron chi connectivity index (χ4n) is 2.55. The van der Waals surface area contributed by atoms with Crippen molar-refractivity contribution in [2.24, 2.45) is 0 Å². The highest BCUT2D eigenvalue weighted by Crippen LogP contribution is 2.34. The van der Waals surface area contributed by atoms with Crippen LogP contribution in [0.15, 0.2) is 34.7 Å². The predicted octanol–water partition coefficient (Wildman–Crippen LogP) is 5.25. The number of nitrogens with one attached hydrogen (secondary N) is 3. The topological polar surface area (TPSA) is 75.0 Å². The largest absolute Gasteiger partial charge is 0.403 e. The standard InChI is InChI=1S/C19H20F3N5O.C2H6/c1-3-23-8-9-24-19-27-26-18(28-19)12-5-6-13(20)16(22)17(12)25-15-7-4-11(2)10-14(15)21;1-2/h4-7,10,23,25H,3,8-9H2,1-2H3,(H,24,27);1-2H3. The maximum Gasteiger partial charge on any atom is 0.315 e. The number of likely N-dealkylation sites (N-methyl/N-ethyl adjacent to an activating group) is 1. The number of aromatic nitrogens is 2. The first-order chi connectivity index (χ1) is 14.5. The molecule has 162 valence electrons. The van der Waals surface area contributed by atoms with Crippen molar-refractivity contribution in [3.63, 3.8) is 0 Å². The Kier molecular flexibility index (Phi) is 8.67. The van der Waals surface area contributed by atoms with Crippen molar-refractivity contribution in [1.82, 2.24) is 15.5 Å². The summed E-state index contributed by atoms with van der Waals surface area (Å²) in [7, 11) is 0. The second kappa shape index (κ2) is 11.2. The highest BCUT2D eigenvalue weighted by atomic mass is 19.2. The number of aryl methyl sites for hydroxylation is 1. The maximum atomic E-state index is 14.5. The van der Waals surface area contributed by atoms with Gasteiger partial charge in [-0.25, -0.2) is 13.2 Å². The molecule has 0 atom stereocenters. The van der Waals surface area contributed by atoms with Crippen LogP contribution in [0.5, 0.6) is 0 Å². The molecule has 0 aliphatic carbocycles. The second-order valence-electron chi connectivity index (χ2n) is 6.08. The highest BCUT2D eigenvalue weighted by molar-refractivity contribution is 5.78. The van der Waals surface area contributed by atoms with E-state index < -0.39 is 17.5 Å². The van der Waals surface area contributed by atoms with Gasteiger partial charge in [0.25, 0.3) is 5.89 Å². The van der Waals surface area contributed by atoms with E-state index in [1.165, 1.54) is 18.2 Å². The third-order valence-corrected chi connectivity index (χ3v) is 3.96. The van der Waals surface area contributed by atoms with E-state index in [0.29, 0.717) is 18.7 Å².